The van der Waals surface area contributed by atoms with Gasteiger partial charge in [0.25, 0.3) is 0 Å². The summed E-state index contributed by atoms with van der Waals surface area (Å²) in [4.78, 5) is 27.2. The number of nitrogen functional groups attached to an aromatic ring is 1. The predicted molar refractivity (Wildman–Crippen MR) is 117 cm³/mol. The van der Waals surface area contributed by atoms with E-state index in [2.05, 4.69) is 30.6 Å². The summed E-state index contributed by atoms with van der Waals surface area (Å²) in [6.45, 7) is 0.0545. The fraction of sp³-hybridized carbons (Fsp3) is 0.300. The molecule has 0 saturated carbocycles. The first-order chi connectivity index (χ1) is 15.9. The van der Waals surface area contributed by atoms with Crippen LogP contribution in [0.15, 0.2) is 37.1 Å². The summed E-state index contributed by atoms with van der Waals surface area (Å²) in [7, 11) is 0. The first-order valence-corrected chi connectivity index (χ1v) is 10.2. The summed E-state index contributed by atoms with van der Waals surface area (Å²) in [5, 5.41) is 37.7. The molecule has 0 unspecified atom stereocenters. The lowest BCUT2D eigenvalue weighted by Gasteiger charge is -2.16. The Balaban J connectivity index is 1.20. The van der Waals surface area contributed by atoms with E-state index in [0.717, 1.165) is 0 Å². The molecule has 33 heavy (non-hydrogen) atoms. The molecule has 1 fully saturated rings. The van der Waals surface area contributed by atoms with E-state index in [9.17, 15) is 20.1 Å². The molecule has 1 amide bonds. The molecular weight excluding hydrogens is 432 g/mol. The summed E-state index contributed by atoms with van der Waals surface area (Å²) >= 11 is 0. The highest BCUT2D eigenvalue weighted by Gasteiger charge is 2.44. The maximum atomic E-state index is 12.4. The van der Waals surface area contributed by atoms with E-state index in [-0.39, 0.29) is 30.7 Å². The molecule has 1 aliphatic heterocycles. The average Bonchev–Trinajstić information content (AvgIpc) is 3.47. The Morgan fingerprint density at radius 2 is 2.06 bits per heavy atom. The number of fused-ring (bicyclic) bond motifs is 2. The van der Waals surface area contributed by atoms with Gasteiger partial charge in [0.05, 0.1) is 18.6 Å². The normalized spacial score (nSPS) is 22.8. The Labute approximate surface area is 186 Å². The molecule has 13 heteroatoms. The molecule has 13 nitrogen and oxygen atoms in total. The molecule has 1 saturated heterocycles. The van der Waals surface area contributed by atoms with Crippen molar-refractivity contribution in [3.05, 3.63) is 37.1 Å². The summed E-state index contributed by atoms with van der Waals surface area (Å²) in [6.07, 6.45) is 0.158. The molecule has 4 heterocycles. The SMILES string of the molecule is Nc1ncnc2c1ncn2[C@@H]1O[C@H](CNCC(=O)Nc2cccc3c(O)[nH]cc23)[C@@H](O)[C@H]1O. The number of H-pyrrole nitrogens is 1. The predicted octanol–water partition coefficient (Wildman–Crippen LogP) is -0.557. The highest BCUT2D eigenvalue weighted by molar-refractivity contribution is 6.04. The standard InChI is InChI=1S/C20H22N8O5/c21-17-14-18(25-7-24-17)28(8-26-14)20-16(31)15(30)12(33-20)5-22-6-13(29)27-11-3-1-2-9-10(11)4-23-19(9)32/h1-4,7-8,12,15-16,20,22-23,30-32H,5-6H2,(H,27,29)(H2,21,24,25)/t12-,15-,16-,20-/m1/s1. The van der Waals surface area contributed by atoms with E-state index in [1.165, 1.54) is 17.2 Å². The lowest BCUT2D eigenvalue weighted by atomic mass is 10.1. The van der Waals surface area contributed by atoms with Gasteiger partial charge in [-0.3, -0.25) is 9.36 Å². The number of amides is 1. The lowest BCUT2D eigenvalue weighted by Crippen LogP contribution is -2.40. The number of nitrogens with one attached hydrogen (secondary N) is 3. The second-order valence-corrected chi connectivity index (χ2v) is 7.71. The van der Waals surface area contributed by atoms with Crippen LogP contribution in [0.5, 0.6) is 5.88 Å². The number of aliphatic hydroxyl groups excluding tert-OH is 2. The topological polar surface area (TPSA) is 196 Å². The third-order valence-electron chi connectivity index (χ3n) is 5.62. The second kappa shape index (κ2) is 8.29. The van der Waals surface area contributed by atoms with Gasteiger partial charge >= 0.3 is 0 Å². The van der Waals surface area contributed by atoms with Gasteiger partial charge in [0, 0.05) is 23.5 Å². The molecule has 0 spiro atoms. The first kappa shape index (κ1) is 21.1. The highest BCUT2D eigenvalue weighted by Crippen LogP contribution is 2.32. The number of anilines is 2. The van der Waals surface area contributed by atoms with E-state index in [0.29, 0.717) is 27.6 Å². The van der Waals surface area contributed by atoms with Gasteiger partial charge in [-0.1, -0.05) is 6.07 Å². The van der Waals surface area contributed by atoms with E-state index in [4.69, 9.17) is 10.5 Å². The molecule has 1 aromatic carbocycles. The summed E-state index contributed by atoms with van der Waals surface area (Å²) in [5.41, 5.74) is 7.09. The molecule has 4 atom stereocenters. The molecule has 0 aliphatic carbocycles. The van der Waals surface area contributed by atoms with Crippen LogP contribution in [0.2, 0.25) is 0 Å². The van der Waals surface area contributed by atoms with Crippen LogP contribution in [0.1, 0.15) is 6.23 Å². The van der Waals surface area contributed by atoms with Crippen molar-refractivity contribution >= 4 is 39.3 Å². The number of benzene rings is 1. The van der Waals surface area contributed by atoms with Crippen molar-refractivity contribution < 1.29 is 24.9 Å². The number of hydrogen-bond acceptors (Lipinski definition) is 10. The van der Waals surface area contributed by atoms with Crippen molar-refractivity contribution in [3.63, 3.8) is 0 Å². The van der Waals surface area contributed by atoms with Crippen LogP contribution >= 0.6 is 0 Å². The van der Waals surface area contributed by atoms with Crippen LogP contribution in [0.3, 0.4) is 0 Å². The smallest absolute Gasteiger partial charge is 0.238 e. The Bertz CT molecular complexity index is 1320. The number of aromatic hydroxyl groups is 1. The van der Waals surface area contributed by atoms with Crippen LogP contribution in [0.25, 0.3) is 21.9 Å². The Morgan fingerprint density at radius 1 is 1.21 bits per heavy atom. The van der Waals surface area contributed by atoms with Crippen LogP contribution in [0.4, 0.5) is 11.5 Å². The highest BCUT2D eigenvalue weighted by atomic mass is 16.6. The summed E-state index contributed by atoms with van der Waals surface area (Å²) in [6, 6.07) is 5.19. The average molecular weight is 454 g/mol. The number of aromatic amines is 1. The Kier molecular flexibility index (Phi) is 5.30. The maximum absolute atomic E-state index is 12.4. The summed E-state index contributed by atoms with van der Waals surface area (Å²) < 4.78 is 7.32. The van der Waals surface area contributed by atoms with Gasteiger partial charge in [-0.15, -0.1) is 0 Å². The third kappa shape index (κ3) is 3.72. The van der Waals surface area contributed by atoms with Gasteiger partial charge in [-0.05, 0) is 12.1 Å². The molecule has 8 N–H and O–H groups in total. The number of aromatic nitrogens is 5. The third-order valence-corrected chi connectivity index (χ3v) is 5.62. The zero-order valence-corrected chi connectivity index (χ0v) is 17.2. The molecule has 3 aromatic heterocycles. The second-order valence-electron chi connectivity index (χ2n) is 7.71. The van der Waals surface area contributed by atoms with Gasteiger partial charge in [0.1, 0.15) is 30.2 Å². The molecule has 5 rings (SSSR count). The minimum absolute atomic E-state index is 0.0273. The van der Waals surface area contributed by atoms with Crippen molar-refractivity contribution in [1.29, 1.82) is 0 Å². The number of nitrogens with two attached hydrogens (primary N) is 1. The van der Waals surface area contributed by atoms with E-state index in [1.54, 1.807) is 24.4 Å². The maximum Gasteiger partial charge on any atom is 0.238 e. The molecule has 172 valence electrons. The van der Waals surface area contributed by atoms with E-state index >= 15 is 0 Å². The quantitative estimate of drug-likeness (QED) is 0.198. The largest absolute Gasteiger partial charge is 0.494 e. The first-order valence-electron chi connectivity index (χ1n) is 10.2. The molecule has 1 aliphatic rings. The van der Waals surface area contributed by atoms with Gasteiger partial charge in [-0.2, -0.15) is 0 Å². The van der Waals surface area contributed by atoms with E-state index < -0.39 is 24.5 Å². The lowest BCUT2D eigenvalue weighted by molar-refractivity contribution is -0.115. The zero-order valence-electron chi connectivity index (χ0n) is 17.2. The van der Waals surface area contributed by atoms with E-state index in [1.807, 2.05) is 0 Å². The number of ether oxygens (including phenoxy) is 1. The minimum atomic E-state index is -1.24. The zero-order chi connectivity index (χ0) is 23.1. The monoisotopic (exact) mass is 454 g/mol. The Morgan fingerprint density at radius 3 is 2.91 bits per heavy atom. The van der Waals surface area contributed by atoms with Crippen molar-refractivity contribution in [3.8, 4) is 5.88 Å². The van der Waals surface area contributed by atoms with Gasteiger partial charge < -0.3 is 41.4 Å². The van der Waals surface area contributed by atoms with Crippen molar-refractivity contribution in [2.45, 2.75) is 24.5 Å². The van der Waals surface area contributed by atoms with Crippen LogP contribution < -0.4 is 16.4 Å². The van der Waals surface area contributed by atoms with Crippen molar-refractivity contribution in [2.24, 2.45) is 0 Å². The van der Waals surface area contributed by atoms with Crippen LogP contribution in [0, 0.1) is 0 Å². The minimum Gasteiger partial charge on any atom is -0.494 e. The van der Waals surface area contributed by atoms with Crippen LogP contribution in [-0.2, 0) is 9.53 Å². The Hall–Kier alpha value is -3.78. The van der Waals surface area contributed by atoms with Gasteiger partial charge in [0.2, 0.25) is 5.91 Å². The number of rotatable bonds is 6. The van der Waals surface area contributed by atoms with Crippen molar-refractivity contribution in [2.75, 3.05) is 24.1 Å². The molecular formula is C20H22N8O5. The number of nitrogens with zero attached hydrogens (tertiary/aromatic N) is 4. The number of hydrogen-bond donors (Lipinski definition) is 7. The van der Waals surface area contributed by atoms with Gasteiger partial charge in [-0.25, -0.2) is 15.0 Å². The summed E-state index contributed by atoms with van der Waals surface area (Å²) in [5.74, 6) is -0.0957. The number of aliphatic hydroxyl groups is 2. The molecule has 0 bridgehead atoms. The molecule has 0 radical (unpaired) electrons. The van der Waals surface area contributed by atoms with Crippen molar-refractivity contribution in [1.82, 2.24) is 29.8 Å². The number of carbonyl (C=O) groups is 1. The number of carbonyl (C=O) groups excluding carboxylic acids is 1. The van der Waals surface area contributed by atoms with Crippen LogP contribution in [-0.4, -0.2) is 77.1 Å². The number of imidazole rings is 1. The molecule has 4 aromatic rings. The fourth-order valence-electron chi connectivity index (χ4n) is 3.96. The van der Waals surface area contributed by atoms with Gasteiger partial charge in [0.15, 0.2) is 23.6 Å². The fourth-order valence-corrected chi connectivity index (χ4v) is 3.96.